The number of nitrogens with zero attached hydrogens (tertiary/aromatic N) is 2. The molecular weight excluding hydrogens is 366 g/mol. The number of benzene rings is 2. The number of carbonyl (C=O) groups excluding carboxylic acids is 1. The minimum atomic E-state index is -0.562. The second kappa shape index (κ2) is 7.46. The topological polar surface area (TPSA) is 66.9 Å². The quantitative estimate of drug-likeness (QED) is 0.678. The second-order valence-corrected chi connectivity index (χ2v) is 5.71. The number of hydrogen-bond donors (Lipinski definition) is 2. The molecule has 0 unspecified atom stereocenters. The molecular formula is C17H11Cl2FN4O. The molecule has 5 nitrogen and oxygen atoms in total. The molecule has 0 saturated heterocycles. The molecule has 0 aliphatic carbocycles. The molecule has 25 heavy (non-hydrogen) atoms. The summed E-state index contributed by atoms with van der Waals surface area (Å²) in [5.41, 5.74) is 0.637. The Kier molecular flexibility index (Phi) is 5.11. The Bertz CT molecular complexity index is 936. The lowest BCUT2D eigenvalue weighted by atomic mass is 10.3. The minimum absolute atomic E-state index is 0.0681. The number of anilines is 3. The van der Waals surface area contributed by atoms with Gasteiger partial charge in [-0.15, -0.1) is 0 Å². The van der Waals surface area contributed by atoms with Crippen LogP contribution in [0.15, 0.2) is 54.7 Å². The number of aromatic nitrogens is 2. The first-order valence-electron chi connectivity index (χ1n) is 7.14. The van der Waals surface area contributed by atoms with E-state index in [4.69, 9.17) is 23.2 Å². The Morgan fingerprint density at radius 1 is 1.00 bits per heavy atom. The van der Waals surface area contributed by atoms with Gasteiger partial charge in [0.15, 0.2) is 0 Å². The van der Waals surface area contributed by atoms with E-state index in [0.717, 1.165) is 0 Å². The van der Waals surface area contributed by atoms with E-state index >= 15 is 0 Å². The van der Waals surface area contributed by atoms with Crippen molar-refractivity contribution in [3.63, 3.8) is 0 Å². The first-order chi connectivity index (χ1) is 12.0. The zero-order valence-electron chi connectivity index (χ0n) is 12.6. The van der Waals surface area contributed by atoms with Crippen LogP contribution in [0.2, 0.25) is 10.0 Å². The Hall–Kier alpha value is -2.70. The lowest BCUT2D eigenvalue weighted by Gasteiger charge is -2.09. The number of para-hydroxylation sites is 1. The monoisotopic (exact) mass is 376 g/mol. The first kappa shape index (κ1) is 17.1. The third-order valence-electron chi connectivity index (χ3n) is 3.21. The van der Waals surface area contributed by atoms with Gasteiger partial charge in [-0.1, -0.05) is 41.4 Å². The average Bonchev–Trinajstić information content (AvgIpc) is 2.61. The van der Waals surface area contributed by atoms with Crippen molar-refractivity contribution < 1.29 is 9.18 Å². The van der Waals surface area contributed by atoms with Crippen molar-refractivity contribution >= 4 is 46.4 Å². The van der Waals surface area contributed by atoms with E-state index in [0.29, 0.717) is 15.7 Å². The highest BCUT2D eigenvalue weighted by atomic mass is 35.5. The lowest BCUT2D eigenvalue weighted by Crippen LogP contribution is -2.15. The highest BCUT2D eigenvalue weighted by molar-refractivity contribution is 6.43. The van der Waals surface area contributed by atoms with Crippen LogP contribution in [0, 0.1) is 5.82 Å². The minimum Gasteiger partial charge on any atom is -0.323 e. The van der Waals surface area contributed by atoms with E-state index in [1.54, 1.807) is 24.3 Å². The Morgan fingerprint density at radius 3 is 2.56 bits per heavy atom. The van der Waals surface area contributed by atoms with Crippen LogP contribution in [0.5, 0.6) is 0 Å². The SMILES string of the molecule is O=C(Nc1ccccc1F)c1ccnc(Nc2cccc(Cl)c2Cl)n1. The molecule has 0 saturated carbocycles. The molecule has 8 heteroatoms. The van der Waals surface area contributed by atoms with Crippen molar-refractivity contribution in [3.8, 4) is 0 Å². The normalized spacial score (nSPS) is 10.4. The van der Waals surface area contributed by atoms with Crippen LogP contribution in [-0.2, 0) is 0 Å². The maximum absolute atomic E-state index is 13.6. The third-order valence-corrected chi connectivity index (χ3v) is 4.03. The molecule has 1 aromatic heterocycles. The summed E-state index contributed by atoms with van der Waals surface area (Å²) in [5.74, 6) is -0.938. The van der Waals surface area contributed by atoms with Crippen LogP contribution in [0.4, 0.5) is 21.7 Å². The zero-order valence-corrected chi connectivity index (χ0v) is 14.1. The molecule has 3 rings (SSSR count). The molecule has 0 spiro atoms. The summed E-state index contributed by atoms with van der Waals surface area (Å²) in [6, 6.07) is 12.3. The van der Waals surface area contributed by atoms with Gasteiger partial charge in [0, 0.05) is 6.20 Å². The van der Waals surface area contributed by atoms with Crippen LogP contribution < -0.4 is 10.6 Å². The number of amides is 1. The van der Waals surface area contributed by atoms with Gasteiger partial charge in [-0.25, -0.2) is 14.4 Å². The Labute approximate surface area is 152 Å². The van der Waals surface area contributed by atoms with Crippen molar-refractivity contribution in [2.45, 2.75) is 0 Å². The highest BCUT2D eigenvalue weighted by Gasteiger charge is 2.12. The molecule has 1 heterocycles. The van der Waals surface area contributed by atoms with Crippen LogP contribution in [0.25, 0.3) is 0 Å². The molecule has 1 amide bonds. The van der Waals surface area contributed by atoms with E-state index in [2.05, 4.69) is 20.6 Å². The fourth-order valence-electron chi connectivity index (χ4n) is 2.02. The van der Waals surface area contributed by atoms with Crippen LogP contribution in [0.1, 0.15) is 10.5 Å². The molecule has 2 aromatic carbocycles. The van der Waals surface area contributed by atoms with Gasteiger partial charge in [-0.2, -0.15) is 0 Å². The van der Waals surface area contributed by atoms with Gasteiger partial charge in [0.05, 0.1) is 21.4 Å². The molecule has 0 aliphatic heterocycles. The molecule has 0 atom stereocenters. The van der Waals surface area contributed by atoms with E-state index in [1.807, 2.05) is 0 Å². The summed E-state index contributed by atoms with van der Waals surface area (Å²) in [7, 11) is 0. The average molecular weight is 377 g/mol. The van der Waals surface area contributed by atoms with Gasteiger partial charge in [-0.05, 0) is 30.3 Å². The van der Waals surface area contributed by atoms with Gasteiger partial charge in [0.1, 0.15) is 11.5 Å². The molecule has 0 fully saturated rings. The van der Waals surface area contributed by atoms with Gasteiger partial charge in [0.2, 0.25) is 5.95 Å². The number of nitrogens with one attached hydrogen (secondary N) is 2. The maximum Gasteiger partial charge on any atom is 0.274 e. The van der Waals surface area contributed by atoms with Crippen LogP contribution >= 0.6 is 23.2 Å². The predicted molar refractivity (Wildman–Crippen MR) is 96.1 cm³/mol. The fourth-order valence-corrected chi connectivity index (χ4v) is 2.36. The van der Waals surface area contributed by atoms with Gasteiger partial charge in [-0.3, -0.25) is 4.79 Å². The number of carbonyl (C=O) groups is 1. The van der Waals surface area contributed by atoms with Gasteiger partial charge < -0.3 is 10.6 Å². The fraction of sp³-hybridized carbons (Fsp3) is 0. The Morgan fingerprint density at radius 2 is 1.76 bits per heavy atom. The van der Waals surface area contributed by atoms with Crippen molar-refractivity contribution in [2.75, 3.05) is 10.6 Å². The van der Waals surface area contributed by atoms with Crippen molar-refractivity contribution in [1.29, 1.82) is 0 Å². The third kappa shape index (κ3) is 4.04. The van der Waals surface area contributed by atoms with Crippen LogP contribution in [-0.4, -0.2) is 15.9 Å². The molecule has 0 radical (unpaired) electrons. The van der Waals surface area contributed by atoms with Crippen molar-refractivity contribution in [1.82, 2.24) is 9.97 Å². The summed E-state index contributed by atoms with van der Waals surface area (Å²) >= 11 is 12.1. The smallest absolute Gasteiger partial charge is 0.274 e. The summed E-state index contributed by atoms with van der Waals surface area (Å²) < 4.78 is 13.6. The predicted octanol–water partition coefficient (Wildman–Crippen LogP) is 4.92. The van der Waals surface area contributed by atoms with E-state index in [9.17, 15) is 9.18 Å². The standard InChI is InChI=1S/C17H11Cl2FN4O/c18-10-4-3-7-13(15(10)19)23-17-21-9-8-14(24-17)16(25)22-12-6-2-1-5-11(12)20/h1-9H,(H,22,25)(H,21,23,24). The van der Waals surface area contributed by atoms with Crippen molar-refractivity contribution in [2.24, 2.45) is 0 Å². The van der Waals surface area contributed by atoms with Crippen LogP contribution in [0.3, 0.4) is 0 Å². The van der Waals surface area contributed by atoms with E-state index in [1.165, 1.54) is 30.5 Å². The molecule has 3 aromatic rings. The largest absolute Gasteiger partial charge is 0.323 e. The molecule has 0 aliphatic rings. The number of halogens is 3. The first-order valence-corrected chi connectivity index (χ1v) is 7.90. The summed E-state index contributed by atoms with van der Waals surface area (Å²) in [6.45, 7) is 0. The maximum atomic E-state index is 13.6. The summed E-state index contributed by atoms with van der Waals surface area (Å²) in [5, 5.41) is 6.04. The van der Waals surface area contributed by atoms with E-state index in [-0.39, 0.29) is 17.3 Å². The van der Waals surface area contributed by atoms with Gasteiger partial charge in [0.25, 0.3) is 5.91 Å². The molecule has 2 N–H and O–H groups in total. The molecule has 126 valence electrons. The van der Waals surface area contributed by atoms with E-state index < -0.39 is 11.7 Å². The summed E-state index contributed by atoms with van der Waals surface area (Å²) in [6.07, 6.45) is 1.41. The number of rotatable bonds is 4. The number of hydrogen-bond acceptors (Lipinski definition) is 4. The van der Waals surface area contributed by atoms with Gasteiger partial charge >= 0.3 is 0 Å². The summed E-state index contributed by atoms with van der Waals surface area (Å²) in [4.78, 5) is 20.4. The molecule has 0 bridgehead atoms. The van der Waals surface area contributed by atoms with Crippen molar-refractivity contribution in [3.05, 3.63) is 76.3 Å². The zero-order chi connectivity index (χ0) is 17.8. The lowest BCUT2D eigenvalue weighted by molar-refractivity contribution is 0.102. The highest BCUT2D eigenvalue weighted by Crippen LogP contribution is 2.30. The Balaban J connectivity index is 1.80. The second-order valence-electron chi connectivity index (χ2n) is 4.93.